The highest BCUT2D eigenvalue weighted by Crippen LogP contribution is 2.34. The largest absolute Gasteiger partial charge is 0.573 e. The normalized spacial score (nSPS) is 11.7. The molecule has 184 valence electrons. The highest BCUT2D eigenvalue weighted by molar-refractivity contribution is 6.40. The van der Waals surface area contributed by atoms with Crippen LogP contribution in [-0.2, 0) is 21.5 Å². The number of carboxylic acid groups (broad SMARTS) is 1. The molecule has 1 amide bonds. The number of aliphatic carboxylic acids is 1. The third-order valence-corrected chi connectivity index (χ3v) is 5.55. The van der Waals surface area contributed by atoms with Gasteiger partial charge in [-0.15, -0.1) is 13.2 Å². The second-order valence-electron chi connectivity index (χ2n) is 8.88. The van der Waals surface area contributed by atoms with Gasteiger partial charge in [0.25, 0.3) is 0 Å². The first kappa shape index (κ1) is 26.1. The van der Waals surface area contributed by atoms with Gasteiger partial charge in [-0.2, -0.15) is 0 Å². The zero-order valence-electron chi connectivity index (χ0n) is 19.2. The van der Waals surface area contributed by atoms with E-state index in [4.69, 9.17) is 11.6 Å². The molecule has 0 aromatic heterocycles. The Labute approximate surface area is 205 Å². The first-order chi connectivity index (χ1) is 16.2. The summed E-state index contributed by atoms with van der Waals surface area (Å²) < 4.78 is 41.0. The number of carbonyl (C=O) groups excluding carboxylic acids is 1. The van der Waals surface area contributed by atoms with Crippen LogP contribution in [0.2, 0.25) is 5.02 Å². The van der Waals surface area contributed by atoms with Gasteiger partial charge < -0.3 is 9.84 Å². The molecule has 0 aliphatic rings. The van der Waals surface area contributed by atoms with E-state index < -0.39 is 18.2 Å². The predicted octanol–water partition coefficient (Wildman–Crippen LogP) is 6.82. The Morgan fingerprint density at radius 3 is 1.97 bits per heavy atom. The molecule has 0 radical (unpaired) electrons. The lowest BCUT2D eigenvalue weighted by Crippen LogP contribution is -2.36. The molecule has 0 spiro atoms. The molecule has 3 aromatic rings. The van der Waals surface area contributed by atoms with Gasteiger partial charge in [0.05, 0.1) is 17.3 Å². The van der Waals surface area contributed by atoms with E-state index >= 15 is 0 Å². The zero-order valence-corrected chi connectivity index (χ0v) is 19.9. The van der Waals surface area contributed by atoms with Gasteiger partial charge in [-0.3, -0.25) is 9.69 Å². The number of rotatable bonds is 5. The molecule has 0 saturated heterocycles. The molecular formula is C26H23ClF3NO4. The van der Waals surface area contributed by atoms with Gasteiger partial charge in [0.2, 0.25) is 0 Å². The van der Waals surface area contributed by atoms with Crippen LogP contribution in [0.4, 0.5) is 18.9 Å². The Kier molecular flexibility index (Phi) is 7.45. The standard InChI is InChI=1S/C26H23ClF3NO4/c1-25(2,3)19-9-4-16(5-10-19)15-31(23(32)24(33)34)22-13-8-18(14-21(22)27)17-6-11-20(12-7-17)35-26(28,29)30/h4-14H,15H2,1-3H3,(H,33,34). The number of anilines is 1. The van der Waals surface area contributed by atoms with Crippen molar-refractivity contribution in [1.82, 2.24) is 0 Å². The minimum atomic E-state index is -4.79. The van der Waals surface area contributed by atoms with Gasteiger partial charge in [0.1, 0.15) is 5.75 Å². The van der Waals surface area contributed by atoms with Gasteiger partial charge in [-0.05, 0) is 51.9 Å². The maximum Gasteiger partial charge on any atom is 0.573 e. The number of hydrogen-bond donors (Lipinski definition) is 1. The van der Waals surface area contributed by atoms with Crippen LogP contribution in [0.25, 0.3) is 11.1 Å². The second kappa shape index (κ2) is 10.00. The number of alkyl halides is 3. The van der Waals surface area contributed by atoms with Crippen LogP contribution in [-0.4, -0.2) is 23.3 Å². The molecule has 0 unspecified atom stereocenters. The Morgan fingerprint density at radius 1 is 0.914 bits per heavy atom. The van der Waals surface area contributed by atoms with Gasteiger partial charge in [-0.1, -0.05) is 74.8 Å². The number of hydrogen-bond acceptors (Lipinski definition) is 3. The fourth-order valence-electron chi connectivity index (χ4n) is 3.43. The fourth-order valence-corrected chi connectivity index (χ4v) is 3.71. The van der Waals surface area contributed by atoms with Gasteiger partial charge >= 0.3 is 18.2 Å². The number of nitrogens with zero attached hydrogens (tertiary/aromatic N) is 1. The number of carboxylic acids is 1. The molecule has 5 nitrogen and oxygen atoms in total. The summed E-state index contributed by atoms with van der Waals surface area (Å²) in [5, 5.41) is 9.46. The highest BCUT2D eigenvalue weighted by atomic mass is 35.5. The van der Waals surface area contributed by atoms with Crippen molar-refractivity contribution >= 4 is 29.2 Å². The summed E-state index contributed by atoms with van der Waals surface area (Å²) in [4.78, 5) is 25.1. The Hall–Kier alpha value is -3.52. The highest BCUT2D eigenvalue weighted by Gasteiger charge is 2.31. The van der Waals surface area contributed by atoms with Crippen LogP contribution in [0.5, 0.6) is 5.75 Å². The Balaban J connectivity index is 1.89. The maximum atomic E-state index is 12.5. The van der Waals surface area contributed by atoms with Crippen LogP contribution in [0.1, 0.15) is 31.9 Å². The average molecular weight is 506 g/mol. The first-order valence-corrected chi connectivity index (χ1v) is 10.9. The molecule has 0 atom stereocenters. The SMILES string of the molecule is CC(C)(C)c1ccc(CN(C(=O)C(=O)O)c2ccc(-c3ccc(OC(F)(F)F)cc3)cc2Cl)cc1. The third-order valence-electron chi connectivity index (χ3n) is 5.25. The summed E-state index contributed by atoms with van der Waals surface area (Å²) in [6.45, 7) is 6.19. The van der Waals surface area contributed by atoms with Crippen molar-refractivity contribution in [2.75, 3.05) is 4.90 Å². The molecule has 35 heavy (non-hydrogen) atoms. The van der Waals surface area contributed by atoms with Gasteiger partial charge in [0, 0.05) is 0 Å². The van der Waals surface area contributed by atoms with Crippen LogP contribution in [0.3, 0.4) is 0 Å². The van der Waals surface area contributed by atoms with Crippen molar-refractivity contribution in [3.05, 3.63) is 82.9 Å². The van der Waals surface area contributed by atoms with Crippen LogP contribution < -0.4 is 9.64 Å². The molecule has 0 bridgehead atoms. The minimum absolute atomic E-state index is 0.0158. The van der Waals surface area contributed by atoms with Crippen molar-refractivity contribution in [3.8, 4) is 16.9 Å². The summed E-state index contributed by atoms with van der Waals surface area (Å²) in [6, 6.07) is 17.3. The third kappa shape index (κ3) is 6.76. The summed E-state index contributed by atoms with van der Waals surface area (Å²) in [7, 11) is 0. The van der Waals surface area contributed by atoms with E-state index in [1.165, 1.54) is 36.4 Å². The number of benzene rings is 3. The Morgan fingerprint density at radius 2 is 1.49 bits per heavy atom. The van der Waals surface area contributed by atoms with E-state index in [0.717, 1.165) is 10.5 Å². The van der Waals surface area contributed by atoms with E-state index in [0.29, 0.717) is 16.7 Å². The van der Waals surface area contributed by atoms with E-state index in [9.17, 15) is 27.9 Å². The molecule has 9 heteroatoms. The van der Waals surface area contributed by atoms with E-state index in [2.05, 4.69) is 25.5 Å². The fraction of sp³-hybridized carbons (Fsp3) is 0.231. The minimum Gasteiger partial charge on any atom is -0.474 e. The molecule has 0 saturated carbocycles. The molecule has 1 N–H and O–H groups in total. The van der Waals surface area contributed by atoms with Crippen LogP contribution in [0.15, 0.2) is 66.7 Å². The quantitative estimate of drug-likeness (QED) is 0.386. The molecule has 0 aliphatic carbocycles. The molecule has 0 aliphatic heterocycles. The Bertz CT molecular complexity index is 1220. The molecular weight excluding hydrogens is 483 g/mol. The lowest BCUT2D eigenvalue weighted by Gasteiger charge is -2.24. The lowest BCUT2D eigenvalue weighted by molar-refractivity contribution is -0.274. The van der Waals surface area contributed by atoms with E-state index in [1.807, 2.05) is 24.3 Å². The van der Waals surface area contributed by atoms with Crippen molar-refractivity contribution in [2.24, 2.45) is 0 Å². The number of amides is 1. The van der Waals surface area contributed by atoms with E-state index in [1.54, 1.807) is 6.07 Å². The topological polar surface area (TPSA) is 66.8 Å². The maximum absolute atomic E-state index is 12.5. The van der Waals surface area contributed by atoms with Crippen LogP contribution >= 0.6 is 11.6 Å². The lowest BCUT2D eigenvalue weighted by atomic mass is 9.87. The van der Waals surface area contributed by atoms with E-state index in [-0.39, 0.29) is 28.4 Å². The van der Waals surface area contributed by atoms with Gasteiger partial charge in [0.15, 0.2) is 0 Å². The van der Waals surface area contributed by atoms with Gasteiger partial charge in [-0.25, -0.2) is 4.79 Å². The van der Waals surface area contributed by atoms with Crippen LogP contribution in [0, 0.1) is 0 Å². The zero-order chi connectivity index (χ0) is 26.0. The number of ether oxygens (including phenoxy) is 1. The molecule has 3 aromatic carbocycles. The molecule has 0 fully saturated rings. The smallest absolute Gasteiger partial charge is 0.474 e. The van der Waals surface area contributed by atoms with Crippen molar-refractivity contribution in [1.29, 1.82) is 0 Å². The first-order valence-electron chi connectivity index (χ1n) is 10.5. The summed E-state index contributed by atoms with van der Waals surface area (Å²) in [5.74, 6) is -3.13. The summed E-state index contributed by atoms with van der Waals surface area (Å²) >= 11 is 6.43. The molecule has 0 heterocycles. The summed E-state index contributed by atoms with van der Waals surface area (Å²) in [6.07, 6.45) is -4.79. The van der Waals surface area contributed by atoms with Crippen molar-refractivity contribution in [2.45, 2.75) is 39.1 Å². The monoisotopic (exact) mass is 505 g/mol. The average Bonchev–Trinajstić information content (AvgIpc) is 2.76. The second-order valence-corrected chi connectivity index (χ2v) is 9.29. The van der Waals surface area contributed by atoms with Crippen molar-refractivity contribution in [3.63, 3.8) is 0 Å². The predicted molar refractivity (Wildman–Crippen MR) is 128 cm³/mol. The number of carbonyl (C=O) groups is 2. The number of halogens is 4. The summed E-state index contributed by atoms with van der Waals surface area (Å²) in [5.41, 5.74) is 3.06. The van der Waals surface area contributed by atoms with Crippen molar-refractivity contribution < 1.29 is 32.6 Å². The molecule has 3 rings (SSSR count).